The summed E-state index contributed by atoms with van der Waals surface area (Å²) < 4.78 is 0. The van der Waals surface area contributed by atoms with E-state index in [4.69, 9.17) is 0 Å². The van der Waals surface area contributed by atoms with Gasteiger partial charge in [0.25, 0.3) is 0 Å². The molecule has 120 valence electrons. The molecular formula is C15H27N3O3. The zero-order valence-corrected chi connectivity index (χ0v) is 13.0. The van der Waals surface area contributed by atoms with Gasteiger partial charge in [-0.15, -0.1) is 0 Å². The van der Waals surface area contributed by atoms with Crippen LogP contribution in [0.4, 0.5) is 4.79 Å². The minimum absolute atomic E-state index is 0.181. The van der Waals surface area contributed by atoms with Crippen molar-refractivity contribution in [1.82, 2.24) is 15.5 Å². The predicted octanol–water partition coefficient (Wildman–Crippen LogP) is 1.41. The summed E-state index contributed by atoms with van der Waals surface area (Å²) in [5.74, 6) is -0.784. The van der Waals surface area contributed by atoms with Gasteiger partial charge >= 0.3 is 12.0 Å². The zero-order chi connectivity index (χ0) is 15.5. The van der Waals surface area contributed by atoms with E-state index in [9.17, 15) is 14.7 Å². The average molecular weight is 297 g/mol. The molecular weight excluding hydrogens is 270 g/mol. The van der Waals surface area contributed by atoms with Gasteiger partial charge in [-0.05, 0) is 39.7 Å². The third-order valence-corrected chi connectivity index (χ3v) is 5.15. The lowest BCUT2D eigenvalue weighted by Gasteiger charge is -2.35. The van der Waals surface area contributed by atoms with Gasteiger partial charge in [0.05, 0.1) is 5.41 Å². The second kappa shape index (κ2) is 6.64. The number of urea groups is 1. The van der Waals surface area contributed by atoms with E-state index in [0.717, 1.165) is 32.2 Å². The fourth-order valence-electron chi connectivity index (χ4n) is 3.42. The number of nitrogens with one attached hydrogen (secondary N) is 2. The summed E-state index contributed by atoms with van der Waals surface area (Å²) in [6.07, 6.45) is 5.07. The lowest BCUT2D eigenvalue weighted by Crippen LogP contribution is -2.51. The first-order valence-corrected chi connectivity index (χ1v) is 7.91. The van der Waals surface area contributed by atoms with Crippen LogP contribution in [0.15, 0.2) is 0 Å². The van der Waals surface area contributed by atoms with Crippen molar-refractivity contribution in [3.05, 3.63) is 0 Å². The smallest absolute Gasteiger partial charge is 0.315 e. The molecule has 1 heterocycles. The first kappa shape index (κ1) is 16.1. The average Bonchev–Trinajstić information content (AvgIpc) is 2.91. The molecule has 6 heteroatoms. The van der Waals surface area contributed by atoms with E-state index in [-0.39, 0.29) is 18.6 Å². The fraction of sp³-hybridized carbons (Fsp3) is 0.867. The van der Waals surface area contributed by atoms with Crippen molar-refractivity contribution in [2.45, 2.75) is 57.5 Å². The number of hydrogen-bond donors (Lipinski definition) is 3. The largest absolute Gasteiger partial charge is 0.481 e. The maximum absolute atomic E-state index is 12.0. The lowest BCUT2D eigenvalue weighted by atomic mass is 9.86. The van der Waals surface area contributed by atoms with Crippen LogP contribution in [-0.2, 0) is 4.79 Å². The third-order valence-electron chi connectivity index (χ3n) is 5.15. The summed E-state index contributed by atoms with van der Waals surface area (Å²) in [4.78, 5) is 25.7. The number of aliphatic carboxylic acids is 1. The molecule has 0 aromatic heterocycles. The summed E-state index contributed by atoms with van der Waals surface area (Å²) in [5, 5.41) is 15.1. The summed E-state index contributed by atoms with van der Waals surface area (Å²) in [7, 11) is 2.09. The molecule has 0 aromatic rings. The molecule has 2 rings (SSSR count). The van der Waals surface area contributed by atoms with Crippen molar-refractivity contribution in [3.8, 4) is 0 Å². The van der Waals surface area contributed by atoms with Gasteiger partial charge in [0, 0.05) is 25.2 Å². The van der Waals surface area contributed by atoms with E-state index in [1.54, 1.807) is 0 Å². The number of carbonyl (C=O) groups is 2. The molecule has 1 saturated carbocycles. The molecule has 0 spiro atoms. The highest BCUT2D eigenvalue weighted by atomic mass is 16.4. The van der Waals surface area contributed by atoms with Gasteiger partial charge in [0.1, 0.15) is 0 Å². The van der Waals surface area contributed by atoms with Gasteiger partial charge in [-0.3, -0.25) is 4.79 Å². The van der Waals surface area contributed by atoms with E-state index in [1.807, 2.05) is 0 Å². The molecule has 1 aliphatic heterocycles. The van der Waals surface area contributed by atoms with Crippen molar-refractivity contribution in [2.75, 3.05) is 20.1 Å². The standard InChI is InChI=1S/C15H27N3O3/c1-11-9-12(5-8-18(11)2)17-14(21)16-10-15(13(19)20)6-3-4-7-15/h11-12H,3-10H2,1-2H3,(H,19,20)(H2,16,17,21). The number of piperidine rings is 1. The Hall–Kier alpha value is -1.30. The van der Waals surface area contributed by atoms with Crippen molar-refractivity contribution < 1.29 is 14.7 Å². The summed E-state index contributed by atoms with van der Waals surface area (Å²) in [5.41, 5.74) is -0.753. The number of rotatable bonds is 4. The molecule has 1 aliphatic carbocycles. The second-order valence-electron chi connectivity index (χ2n) is 6.67. The first-order chi connectivity index (χ1) is 9.93. The normalized spacial score (nSPS) is 29.0. The summed E-state index contributed by atoms with van der Waals surface area (Å²) in [6, 6.07) is 0.411. The van der Waals surface area contributed by atoms with E-state index in [0.29, 0.717) is 18.9 Å². The summed E-state index contributed by atoms with van der Waals surface area (Å²) >= 11 is 0. The topological polar surface area (TPSA) is 81.7 Å². The van der Waals surface area contributed by atoms with E-state index >= 15 is 0 Å². The molecule has 2 amide bonds. The van der Waals surface area contributed by atoms with Crippen LogP contribution < -0.4 is 10.6 Å². The Morgan fingerprint density at radius 3 is 2.57 bits per heavy atom. The number of hydrogen-bond acceptors (Lipinski definition) is 3. The Morgan fingerprint density at radius 2 is 2.00 bits per heavy atom. The number of nitrogens with zero attached hydrogens (tertiary/aromatic N) is 1. The third kappa shape index (κ3) is 3.87. The van der Waals surface area contributed by atoms with Crippen LogP contribution >= 0.6 is 0 Å². The quantitative estimate of drug-likeness (QED) is 0.733. The highest BCUT2D eigenvalue weighted by Gasteiger charge is 2.41. The highest BCUT2D eigenvalue weighted by molar-refractivity contribution is 5.78. The number of carbonyl (C=O) groups excluding carboxylic acids is 1. The molecule has 1 saturated heterocycles. The minimum atomic E-state index is -0.784. The van der Waals surface area contributed by atoms with Gasteiger partial charge in [-0.1, -0.05) is 12.8 Å². The molecule has 2 unspecified atom stereocenters. The highest BCUT2D eigenvalue weighted by Crippen LogP contribution is 2.37. The Balaban J connectivity index is 1.78. The van der Waals surface area contributed by atoms with Crippen molar-refractivity contribution in [3.63, 3.8) is 0 Å². The maximum Gasteiger partial charge on any atom is 0.315 e. The van der Waals surface area contributed by atoms with Crippen LogP contribution in [0.2, 0.25) is 0 Å². The van der Waals surface area contributed by atoms with E-state index < -0.39 is 11.4 Å². The minimum Gasteiger partial charge on any atom is -0.481 e. The number of likely N-dealkylation sites (tertiary alicyclic amines) is 1. The van der Waals surface area contributed by atoms with Crippen molar-refractivity contribution in [2.24, 2.45) is 5.41 Å². The van der Waals surface area contributed by atoms with E-state index in [2.05, 4.69) is 29.5 Å². The van der Waals surface area contributed by atoms with Gasteiger partial charge < -0.3 is 20.6 Å². The Labute approximate surface area is 126 Å². The van der Waals surface area contributed by atoms with Gasteiger partial charge in [-0.2, -0.15) is 0 Å². The maximum atomic E-state index is 12.0. The van der Waals surface area contributed by atoms with Gasteiger partial charge in [-0.25, -0.2) is 4.79 Å². The van der Waals surface area contributed by atoms with Crippen LogP contribution in [0.5, 0.6) is 0 Å². The van der Waals surface area contributed by atoms with E-state index in [1.165, 1.54) is 0 Å². The monoisotopic (exact) mass is 297 g/mol. The Bertz CT molecular complexity index is 394. The molecule has 21 heavy (non-hydrogen) atoms. The van der Waals surface area contributed by atoms with Crippen LogP contribution in [0.3, 0.4) is 0 Å². The van der Waals surface area contributed by atoms with Gasteiger partial charge in [0.15, 0.2) is 0 Å². The first-order valence-electron chi connectivity index (χ1n) is 7.91. The molecule has 2 aliphatic rings. The molecule has 0 radical (unpaired) electrons. The van der Waals surface area contributed by atoms with Crippen LogP contribution in [-0.4, -0.2) is 54.2 Å². The van der Waals surface area contributed by atoms with Crippen LogP contribution in [0.25, 0.3) is 0 Å². The van der Waals surface area contributed by atoms with Crippen molar-refractivity contribution >= 4 is 12.0 Å². The van der Waals surface area contributed by atoms with Crippen molar-refractivity contribution in [1.29, 1.82) is 0 Å². The summed E-state index contributed by atoms with van der Waals surface area (Å²) in [6.45, 7) is 3.37. The SMILES string of the molecule is CC1CC(NC(=O)NCC2(C(=O)O)CCCC2)CCN1C. The lowest BCUT2D eigenvalue weighted by molar-refractivity contribution is -0.148. The zero-order valence-electron chi connectivity index (χ0n) is 13.0. The molecule has 6 nitrogen and oxygen atoms in total. The van der Waals surface area contributed by atoms with Gasteiger partial charge in [0.2, 0.25) is 0 Å². The number of carboxylic acid groups (broad SMARTS) is 1. The fourth-order valence-corrected chi connectivity index (χ4v) is 3.42. The predicted molar refractivity (Wildman–Crippen MR) is 80.2 cm³/mol. The molecule has 2 atom stereocenters. The van der Waals surface area contributed by atoms with Crippen LogP contribution in [0, 0.1) is 5.41 Å². The number of amides is 2. The number of carboxylic acids is 1. The Morgan fingerprint density at radius 1 is 1.33 bits per heavy atom. The molecule has 3 N–H and O–H groups in total. The molecule has 0 aromatic carbocycles. The molecule has 0 bridgehead atoms. The Kier molecular flexibility index (Phi) is 5.08. The molecule has 2 fully saturated rings. The van der Waals surface area contributed by atoms with Crippen LogP contribution in [0.1, 0.15) is 45.4 Å². The second-order valence-corrected chi connectivity index (χ2v) is 6.67.